The van der Waals surface area contributed by atoms with Crippen LogP contribution in [0, 0.1) is 0 Å². The molecule has 0 saturated heterocycles. The molecule has 1 heteroatoms. The molecule has 0 aromatic heterocycles. The van der Waals surface area contributed by atoms with E-state index in [0.29, 0.717) is 0 Å². The van der Waals surface area contributed by atoms with Crippen molar-refractivity contribution in [3.63, 3.8) is 0 Å². The summed E-state index contributed by atoms with van der Waals surface area (Å²) in [7, 11) is 0. The summed E-state index contributed by atoms with van der Waals surface area (Å²) in [6.07, 6.45) is 14.5. The zero-order chi connectivity index (χ0) is 8.65. The van der Waals surface area contributed by atoms with E-state index in [1.54, 1.807) is 12.2 Å². The Balaban J connectivity index is 2.41. The Kier molecular flexibility index (Phi) is 4.43. The molecule has 1 aliphatic rings. The van der Waals surface area contributed by atoms with Gasteiger partial charge in [-0.05, 0) is 37.8 Å². The lowest BCUT2D eigenvalue weighted by atomic mass is 10.1. The Morgan fingerprint density at radius 2 is 1.33 bits per heavy atom. The van der Waals surface area contributed by atoms with Gasteiger partial charge in [0.1, 0.15) is 0 Å². The fraction of sp³-hybridized carbons (Fsp3) is 0.545. The molecule has 0 amide bonds. The molecular weight excluding hydrogens is 148 g/mol. The minimum Gasteiger partial charge on any atom is -0.290 e. The first-order valence-electron chi connectivity index (χ1n) is 4.76. The summed E-state index contributed by atoms with van der Waals surface area (Å²) in [5.41, 5.74) is 0. The van der Waals surface area contributed by atoms with Crippen molar-refractivity contribution >= 4 is 5.78 Å². The molecule has 0 aliphatic heterocycles. The number of hydrogen-bond donors (Lipinski definition) is 0. The van der Waals surface area contributed by atoms with Crippen molar-refractivity contribution in [2.75, 3.05) is 0 Å². The fourth-order valence-electron chi connectivity index (χ4n) is 1.33. The average Bonchev–Trinajstić information content (AvgIpc) is 2.11. The zero-order valence-corrected chi connectivity index (χ0v) is 7.46. The Morgan fingerprint density at radius 3 is 1.83 bits per heavy atom. The van der Waals surface area contributed by atoms with E-state index in [1.807, 2.05) is 12.2 Å². The van der Waals surface area contributed by atoms with Gasteiger partial charge in [0, 0.05) is 0 Å². The molecule has 0 atom stereocenters. The van der Waals surface area contributed by atoms with Crippen LogP contribution < -0.4 is 0 Å². The Labute approximate surface area is 74.2 Å². The third kappa shape index (κ3) is 4.12. The van der Waals surface area contributed by atoms with Gasteiger partial charge in [0.15, 0.2) is 5.78 Å². The largest absolute Gasteiger partial charge is 0.290 e. The highest BCUT2D eigenvalue weighted by Crippen LogP contribution is 2.07. The summed E-state index contributed by atoms with van der Waals surface area (Å²) in [5, 5.41) is 0. The van der Waals surface area contributed by atoms with Crippen LogP contribution in [0.4, 0.5) is 0 Å². The van der Waals surface area contributed by atoms with Gasteiger partial charge in [-0.25, -0.2) is 0 Å². The van der Waals surface area contributed by atoms with Crippen molar-refractivity contribution in [1.82, 2.24) is 0 Å². The predicted molar refractivity (Wildman–Crippen MR) is 51.0 cm³/mol. The number of carbonyl (C=O) groups is 1. The number of carbonyl (C=O) groups excluding carboxylic acids is 1. The molecule has 0 spiro atoms. The summed E-state index contributed by atoms with van der Waals surface area (Å²) >= 11 is 0. The fourth-order valence-corrected chi connectivity index (χ4v) is 1.33. The van der Waals surface area contributed by atoms with E-state index < -0.39 is 0 Å². The van der Waals surface area contributed by atoms with Crippen molar-refractivity contribution in [2.45, 2.75) is 38.5 Å². The Morgan fingerprint density at radius 1 is 0.833 bits per heavy atom. The smallest absolute Gasteiger partial charge is 0.177 e. The quantitative estimate of drug-likeness (QED) is 0.538. The first-order chi connectivity index (χ1) is 5.89. The molecule has 0 aromatic rings. The van der Waals surface area contributed by atoms with Gasteiger partial charge >= 0.3 is 0 Å². The third-order valence-electron chi connectivity index (χ3n) is 2.06. The van der Waals surface area contributed by atoms with Crippen molar-refractivity contribution in [3.8, 4) is 0 Å². The van der Waals surface area contributed by atoms with Crippen LogP contribution in [-0.4, -0.2) is 5.78 Å². The van der Waals surface area contributed by atoms with Crippen LogP contribution in [0.1, 0.15) is 38.5 Å². The molecule has 1 rings (SSSR count). The molecule has 0 radical (unpaired) electrons. The lowest BCUT2D eigenvalue weighted by molar-refractivity contribution is -0.110. The van der Waals surface area contributed by atoms with E-state index in [4.69, 9.17) is 0 Å². The van der Waals surface area contributed by atoms with E-state index in [0.717, 1.165) is 12.8 Å². The minimum atomic E-state index is 0.136. The summed E-state index contributed by atoms with van der Waals surface area (Å²) in [6.45, 7) is 0. The van der Waals surface area contributed by atoms with Gasteiger partial charge in [0.25, 0.3) is 0 Å². The summed E-state index contributed by atoms with van der Waals surface area (Å²) in [4.78, 5) is 11.0. The topological polar surface area (TPSA) is 17.1 Å². The van der Waals surface area contributed by atoms with E-state index in [1.165, 1.54) is 25.7 Å². The van der Waals surface area contributed by atoms with E-state index >= 15 is 0 Å². The summed E-state index contributed by atoms with van der Waals surface area (Å²) in [6, 6.07) is 0. The highest BCUT2D eigenvalue weighted by atomic mass is 16.1. The van der Waals surface area contributed by atoms with Crippen LogP contribution in [0.15, 0.2) is 24.3 Å². The molecule has 0 bridgehead atoms. The molecule has 0 N–H and O–H groups in total. The Bertz CT molecular complexity index is 169. The molecule has 12 heavy (non-hydrogen) atoms. The molecule has 1 nitrogen and oxygen atoms in total. The second kappa shape index (κ2) is 5.76. The lowest BCUT2D eigenvalue weighted by Crippen LogP contribution is -1.83. The van der Waals surface area contributed by atoms with Crippen LogP contribution in [-0.2, 0) is 4.79 Å². The molecular formula is C11H16O. The second-order valence-electron chi connectivity index (χ2n) is 3.20. The molecule has 0 fully saturated rings. The predicted octanol–water partition coefficient (Wildman–Crippen LogP) is 3.02. The highest BCUT2D eigenvalue weighted by Gasteiger charge is 1.92. The van der Waals surface area contributed by atoms with Crippen LogP contribution in [0.2, 0.25) is 0 Å². The molecule has 66 valence electrons. The first kappa shape index (κ1) is 9.24. The SMILES string of the molecule is O=C1/C=C\CCCCCC/C=C\1. The van der Waals surface area contributed by atoms with E-state index in [2.05, 4.69) is 0 Å². The van der Waals surface area contributed by atoms with Gasteiger partial charge in [0.05, 0.1) is 0 Å². The van der Waals surface area contributed by atoms with Crippen molar-refractivity contribution in [3.05, 3.63) is 24.3 Å². The van der Waals surface area contributed by atoms with Crippen molar-refractivity contribution < 1.29 is 4.79 Å². The van der Waals surface area contributed by atoms with Crippen LogP contribution in [0.5, 0.6) is 0 Å². The van der Waals surface area contributed by atoms with Gasteiger partial charge in [-0.15, -0.1) is 0 Å². The van der Waals surface area contributed by atoms with Crippen LogP contribution in [0.3, 0.4) is 0 Å². The maximum atomic E-state index is 11.0. The van der Waals surface area contributed by atoms with Crippen LogP contribution >= 0.6 is 0 Å². The van der Waals surface area contributed by atoms with Gasteiger partial charge in [-0.2, -0.15) is 0 Å². The van der Waals surface area contributed by atoms with Crippen molar-refractivity contribution in [1.29, 1.82) is 0 Å². The summed E-state index contributed by atoms with van der Waals surface area (Å²) in [5.74, 6) is 0.136. The van der Waals surface area contributed by atoms with Crippen LogP contribution in [0.25, 0.3) is 0 Å². The number of ketones is 1. The number of rotatable bonds is 0. The third-order valence-corrected chi connectivity index (χ3v) is 2.06. The summed E-state index contributed by atoms with van der Waals surface area (Å²) < 4.78 is 0. The standard InChI is InChI=1S/C11H16O/c12-11-9-7-5-3-1-2-4-6-8-10-11/h7-10H,1-6H2/b9-7-,10-8-. The van der Waals surface area contributed by atoms with Gasteiger partial charge in [0.2, 0.25) is 0 Å². The van der Waals surface area contributed by atoms with Gasteiger partial charge < -0.3 is 0 Å². The number of allylic oxidation sites excluding steroid dienone is 4. The second-order valence-corrected chi connectivity index (χ2v) is 3.20. The van der Waals surface area contributed by atoms with Crippen molar-refractivity contribution in [2.24, 2.45) is 0 Å². The number of hydrogen-bond acceptors (Lipinski definition) is 1. The average molecular weight is 164 g/mol. The normalized spacial score (nSPS) is 25.8. The highest BCUT2D eigenvalue weighted by molar-refractivity contribution is 5.99. The molecule has 0 heterocycles. The molecule has 0 unspecified atom stereocenters. The van der Waals surface area contributed by atoms with Gasteiger partial charge in [-0.3, -0.25) is 4.79 Å². The first-order valence-corrected chi connectivity index (χ1v) is 4.76. The van der Waals surface area contributed by atoms with E-state index in [9.17, 15) is 4.79 Å². The zero-order valence-electron chi connectivity index (χ0n) is 7.46. The van der Waals surface area contributed by atoms with Gasteiger partial charge in [-0.1, -0.05) is 25.0 Å². The maximum Gasteiger partial charge on any atom is 0.177 e. The molecule has 0 saturated carbocycles. The molecule has 1 aliphatic carbocycles. The molecule has 0 aromatic carbocycles. The minimum absolute atomic E-state index is 0.136. The Hall–Kier alpha value is -0.850. The lowest BCUT2D eigenvalue weighted by Gasteiger charge is -1.94. The van der Waals surface area contributed by atoms with E-state index in [-0.39, 0.29) is 5.78 Å². The maximum absolute atomic E-state index is 11.0. The monoisotopic (exact) mass is 164 g/mol.